The molecule has 4 nitrogen and oxygen atoms in total. The summed E-state index contributed by atoms with van der Waals surface area (Å²) in [6, 6.07) is 3.57. The van der Waals surface area contributed by atoms with Gasteiger partial charge >= 0.3 is 0 Å². The van der Waals surface area contributed by atoms with Gasteiger partial charge in [0.15, 0.2) is 0 Å². The van der Waals surface area contributed by atoms with E-state index >= 15 is 0 Å². The van der Waals surface area contributed by atoms with Crippen LogP contribution < -0.4 is 5.73 Å². The Bertz CT molecular complexity index is 321. The lowest BCUT2D eigenvalue weighted by atomic mass is 9.98. The Morgan fingerprint density at radius 1 is 1.19 bits per heavy atom. The molecular weight excluding hydrogens is 206 g/mol. The SMILES string of the molecule is CCCC[C@@H](O)[C@@H](N)c1cc(O)cc(O)c1. The van der Waals surface area contributed by atoms with E-state index in [1.54, 1.807) is 0 Å². The third-order valence-electron chi connectivity index (χ3n) is 2.58. The van der Waals surface area contributed by atoms with Crippen LogP contribution in [0.1, 0.15) is 37.8 Å². The zero-order valence-corrected chi connectivity index (χ0v) is 9.43. The Morgan fingerprint density at radius 2 is 1.75 bits per heavy atom. The minimum atomic E-state index is -0.652. The van der Waals surface area contributed by atoms with E-state index in [2.05, 4.69) is 0 Å². The molecule has 0 aliphatic rings. The number of aliphatic hydroxyl groups excluding tert-OH is 1. The van der Waals surface area contributed by atoms with Crippen molar-refractivity contribution in [3.8, 4) is 11.5 Å². The van der Waals surface area contributed by atoms with Gasteiger partial charge in [-0.2, -0.15) is 0 Å². The van der Waals surface area contributed by atoms with Gasteiger partial charge in [0.1, 0.15) is 11.5 Å². The van der Waals surface area contributed by atoms with Crippen LogP contribution in [-0.2, 0) is 0 Å². The molecule has 0 spiro atoms. The normalized spacial score (nSPS) is 14.7. The monoisotopic (exact) mass is 225 g/mol. The van der Waals surface area contributed by atoms with Gasteiger partial charge in [-0.3, -0.25) is 0 Å². The van der Waals surface area contributed by atoms with E-state index in [4.69, 9.17) is 5.73 Å². The quantitative estimate of drug-likeness (QED) is 0.613. The van der Waals surface area contributed by atoms with E-state index in [0.29, 0.717) is 12.0 Å². The van der Waals surface area contributed by atoms with E-state index < -0.39 is 12.1 Å². The van der Waals surface area contributed by atoms with Crippen LogP contribution in [0.25, 0.3) is 0 Å². The van der Waals surface area contributed by atoms with Crippen LogP contribution >= 0.6 is 0 Å². The van der Waals surface area contributed by atoms with Crippen LogP contribution in [0.2, 0.25) is 0 Å². The first-order chi connectivity index (χ1) is 7.54. The fraction of sp³-hybridized carbons (Fsp3) is 0.500. The standard InChI is InChI=1S/C12H19NO3/c1-2-3-4-11(16)12(13)8-5-9(14)7-10(15)6-8/h5-7,11-12,14-16H,2-4,13H2,1H3/t11-,12+/m1/s1. The molecule has 1 aromatic rings. The van der Waals surface area contributed by atoms with Crippen LogP contribution in [-0.4, -0.2) is 21.4 Å². The minimum Gasteiger partial charge on any atom is -0.508 e. The number of benzene rings is 1. The smallest absolute Gasteiger partial charge is 0.119 e. The zero-order valence-electron chi connectivity index (χ0n) is 9.43. The summed E-state index contributed by atoms with van der Waals surface area (Å²) in [6.07, 6.45) is 1.86. The number of hydrogen-bond donors (Lipinski definition) is 4. The molecule has 16 heavy (non-hydrogen) atoms. The van der Waals surface area contributed by atoms with Crippen molar-refractivity contribution in [2.45, 2.75) is 38.3 Å². The molecule has 0 aromatic heterocycles. The number of rotatable bonds is 5. The highest BCUT2D eigenvalue weighted by molar-refractivity contribution is 5.38. The average molecular weight is 225 g/mol. The van der Waals surface area contributed by atoms with Crippen LogP contribution in [0.3, 0.4) is 0 Å². The van der Waals surface area contributed by atoms with Gasteiger partial charge in [0, 0.05) is 6.07 Å². The number of phenolic OH excluding ortho intramolecular Hbond substituents is 2. The summed E-state index contributed by atoms with van der Waals surface area (Å²) < 4.78 is 0. The molecule has 0 bridgehead atoms. The van der Waals surface area contributed by atoms with Gasteiger partial charge in [0.2, 0.25) is 0 Å². The first kappa shape index (κ1) is 12.8. The van der Waals surface area contributed by atoms with Gasteiger partial charge in [-0.1, -0.05) is 19.8 Å². The summed E-state index contributed by atoms with van der Waals surface area (Å²) in [5.41, 5.74) is 6.39. The molecule has 0 fully saturated rings. The third-order valence-corrected chi connectivity index (χ3v) is 2.58. The molecule has 0 heterocycles. The maximum Gasteiger partial charge on any atom is 0.119 e. The molecule has 0 saturated carbocycles. The first-order valence-corrected chi connectivity index (χ1v) is 5.51. The fourth-order valence-electron chi connectivity index (χ4n) is 1.63. The van der Waals surface area contributed by atoms with E-state index in [1.807, 2.05) is 6.92 Å². The second-order valence-electron chi connectivity index (χ2n) is 4.02. The van der Waals surface area contributed by atoms with Crippen LogP contribution in [0.5, 0.6) is 11.5 Å². The van der Waals surface area contributed by atoms with E-state index in [9.17, 15) is 15.3 Å². The van der Waals surface area contributed by atoms with Gasteiger partial charge in [0.05, 0.1) is 12.1 Å². The predicted molar refractivity (Wildman–Crippen MR) is 62.2 cm³/mol. The molecule has 0 unspecified atom stereocenters. The van der Waals surface area contributed by atoms with Gasteiger partial charge in [-0.15, -0.1) is 0 Å². The number of aliphatic hydroxyl groups is 1. The molecular formula is C12H19NO3. The van der Waals surface area contributed by atoms with Crippen molar-refractivity contribution < 1.29 is 15.3 Å². The molecule has 0 aliphatic carbocycles. The summed E-state index contributed by atoms with van der Waals surface area (Å²) in [6.45, 7) is 2.04. The van der Waals surface area contributed by atoms with Crippen molar-refractivity contribution >= 4 is 0 Å². The first-order valence-electron chi connectivity index (χ1n) is 5.51. The van der Waals surface area contributed by atoms with Crippen molar-refractivity contribution in [1.29, 1.82) is 0 Å². The molecule has 0 aliphatic heterocycles. The van der Waals surface area contributed by atoms with Crippen molar-refractivity contribution in [3.05, 3.63) is 23.8 Å². The number of phenols is 2. The average Bonchev–Trinajstić information content (AvgIpc) is 2.23. The topological polar surface area (TPSA) is 86.7 Å². The van der Waals surface area contributed by atoms with Crippen LogP contribution in [0, 0.1) is 0 Å². The third kappa shape index (κ3) is 3.40. The molecule has 0 saturated heterocycles. The summed E-state index contributed by atoms with van der Waals surface area (Å²) in [5, 5.41) is 28.4. The largest absolute Gasteiger partial charge is 0.508 e. The van der Waals surface area contributed by atoms with Gasteiger partial charge in [-0.05, 0) is 24.1 Å². The van der Waals surface area contributed by atoms with Gasteiger partial charge in [0.25, 0.3) is 0 Å². The maximum absolute atomic E-state index is 9.80. The van der Waals surface area contributed by atoms with E-state index in [0.717, 1.165) is 12.8 Å². The lowest BCUT2D eigenvalue weighted by Crippen LogP contribution is -2.26. The van der Waals surface area contributed by atoms with Crippen molar-refractivity contribution in [3.63, 3.8) is 0 Å². The Morgan fingerprint density at radius 3 is 2.25 bits per heavy atom. The van der Waals surface area contributed by atoms with Crippen molar-refractivity contribution in [2.24, 2.45) is 5.73 Å². The van der Waals surface area contributed by atoms with E-state index in [-0.39, 0.29) is 11.5 Å². The molecule has 1 rings (SSSR count). The Hall–Kier alpha value is -1.26. The van der Waals surface area contributed by atoms with Crippen LogP contribution in [0.15, 0.2) is 18.2 Å². The summed E-state index contributed by atoms with van der Waals surface area (Å²) in [7, 11) is 0. The number of nitrogens with two attached hydrogens (primary N) is 1. The van der Waals surface area contributed by atoms with Crippen LogP contribution in [0.4, 0.5) is 0 Å². The highest BCUT2D eigenvalue weighted by Crippen LogP contribution is 2.26. The number of aromatic hydroxyl groups is 2. The number of hydrogen-bond acceptors (Lipinski definition) is 4. The lowest BCUT2D eigenvalue weighted by Gasteiger charge is -2.19. The molecule has 5 N–H and O–H groups in total. The molecule has 4 heteroatoms. The maximum atomic E-state index is 9.80. The fourth-order valence-corrected chi connectivity index (χ4v) is 1.63. The summed E-state index contributed by atoms with van der Waals surface area (Å²) in [5.74, 6) is -0.0960. The Balaban J connectivity index is 2.74. The van der Waals surface area contributed by atoms with Crippen molar-refractivity contribution in [2.75, 3.05) is 0 Å². The van der Waals surface area contributed by atoms with E-state index in [1.165, 1.54) is 18.2 Å². The Labute approximate surface area is 95.3 Å². The lowest BCUT2D eigenvalue weighted by molar-refractivity contribution is 0.132. The molecule has 2 atom stereocenters. The predicted octanol–water partition coefficient (Wildman–Crippen LogP) is 1.65. The molecule has 90 valence electrons. The van der Waals surface area contributed by atoms with Crippen molar-refractivity contribution in [1.82, 2.24) is 0 Å². The summed E-state index contributed by atoms with van der Waals surface area (Å²) in [4.78, 5) is 0. The highest BCUT2D eigenvalue weighted by Gasteiger charge is 2.17. The van der Waals surface area contributed by atoms with Gasteiger partial charge < -0.3 is 21.1 Å². The minimum absolute atomic E-state index is 0.0480. The Kier molecular flexibility index (Phi) is 4.58. The summed E-state index contributed by atoms with van der Waals surface area (Å²) >= 11 is 0. The second kappa shape index (κ2) is 5.72. The zero-order chi connectivity index (χ0) is 12.1. The molecule has 0 radical (unpaired) electrons. The molecule has 0 amide bonds. The highest BCUT2D eigenvalue weighted by atomic mass is 16.3. The second-order valence-corrected chi connectivity index (χ2v) is 4.02. The van der Waals surface area contributed by atoms with Gasteiger partial charge in [-0.25, -0.2) is 0 Å². The number of unbranched alkanes of at least 4 members (excludes halogenated alkanes) is 1. The molecule has 1 aromatic carbocycles.